The van der Waals surface area contributed by atoms with Crippen LogP contribution in [0.5, 0.6) is 0 Å². The number of nitrogens with zero attached hydrogens (tertiary/aromatic N) is 2. The van der Waals surface area contributed by atoms with E-state index in [0.29, 0.717) is 80.3 Å². The molecule has 6 rings (SSSR count). The smallest absolute Gasteiger partial charge is 0.196 e. The molecule has 0 aliphatic heterocycles. The van der Waals surface area contributed by atoms with Crippen LogP contribution in [0, 0.1) is 0 Å². The molecule has 0 spiro atoms. The molecular weight excluding hydrogens is 821 g/mol. The first-order chi connectivity index (χ1) is 26.9. The predicted octanol–water partition coefficient (Wildman–Crippen LogP) is 4.16. The van der Waals surface area contributed by atoms with Crippen molar-refractivity contribution in [1.82, 2.24) is 0 Å². The first kappa shape index (κ1) is 44.0. The van der Waals surface area contributed by atoms with E-state index in [4.69, 9.17) is 0 Å². The maximum atomic E-state index is 13.5. The Balaban J connectivity index is 0.00000620. The van der Waals surface area contributed by atoms with Crippen molar-refractivity contribution >= 4 is 67.5 Å². The van der Waals surface area contributed by atoms with Crippen molar-refractivity contribution in [3.63, 3.8) is 0 Å². The van der Waals surface area contributed by atoms with Gasteiger partial charge in [-0.25, -0.2) is 0 Å². The number of quaternary nitrogens is 2. The van der Waals surface area contributed by atoms with E-state index in [1.807, 2.05) is 45.9 Å². The van der Waals surface area contributed by atoms with Gasteiger partial charge in [-0.05, 0) is 24.3 Å². The van der Waals surface area contributed by atoms with E-state index in [1.165, 1.54) is 0 Å². The highest BCUT2D eigenvalue weighted by Crippen LogP contribution is 2.38. The molecular formula is C44H54BrN6O4S2+. The first-order valence-electron chi connectivity index (χ1n) is 19.3. The molecule has 4 aromatic rings. The Morgan fingerprint density at radius 3 is 1.07 bits per heavy atom. The highest BCUT2D eigenvalue weighted by Gasteiger charge is 2.35. The fraction of sp³-hybridized carbons (Fsp3) is 0.364. The highest BCUT2D eigenvalue weighted by molar-refractivity contribution is 8.76. The molecule has 0 heterocycles. The van der Waals surface area contributed by atoms with Crippen LogP contribution in [-0.2, 0) is 0 Å². The van der Waals surface area contributed by atoms with Crippen molar-refractivity contribution < 1.29 is 45.1 Å². The fourth-order valence-electron chi connectivity index (χ4n) is 7.53. The van der Waals surface area contributed by atoms with Crippen LogP contribution < -0.4 is 38.2 Å². The quantitative estimate of drug-likeness (QED) is 0.0538. The molecule has 10 nitrogen and oxygen atoms in total. The maximum Gasteiger partial charge on any atom is 0.196 e. The van der Waals surface area contributed by atoms with Crippen molar-refractivity contribution in [2.24, 2.45) is 0 Å². The summed E-state index contributed by atoms with van der Waals surface area (Å²) in [6, 6.07) is 21.7. The van der Waals surface area contributed by atoms with Gasteiger partial charge in [-0.1, -0.05) is 70.1 Å². The summed E-state index contributed by atoms with van der Waals surface area (Å²) >= 11 is 0. The number of nitrogens with one attached hydrogen (secondary N) is 4. The summed E-state index contributed by atoms with van der Waals surface area (Å²) in [7, 11) is 16.5. The lowest BCUT2D eigenvalue weighted by Crippen LogP contribution is -3.00. The average Bonchev–Trinajstić information content (AvgIpc) is 3.20. The fourth-order valence-corrected chi connectivity index (χ4v) is 10.1. The Morgan fingerprint density at radius 2 is 0.754 bits per heavy atom. The number of halogens is 1. The van der Waals surface area contributed by atoms with Gasteiger partial charge in [0.2, 0.25) is 0 Å². The molecule has 0 saturated heterocycles. The normalized spacial score (nSPS) is 13.2. The third-order valence-electron chi connectivity index (χ3n) is 10.8. The predicted molar refractivity (Wildman–Crippen MR) is 233 cm³/mol. The molecule has 0 atom stereocenters. The molecule has 2 aliphatic rings. The van der Waals surface area contributed by atoms with Crippen LogP contribution in [0.25, 0.3) is 0 Å². The summed E-state index contributed by atoms with van der Waals surface area (Å²) in [4.78, 5) is 53.9. The van der Waals surface area contributed by atoms with E-state index in [0.717, 1.165) is 59.5 Å². The van der Waals surface area contributed by atoms with Gasteiger partial charge in [-0.2, -0.15) is 0 Å². The van der Waals surface area contributed by atoms with Gasteiger partial charge in [0.25, 0.3) is 0 Å². The SMILES string of the molecule is CNc1ccc(NCCC[N+](C)(C)CCSSCC[N+](C)(C)CCCNc2ccc(NC)c3c2C(=O)c2ccccc2C3=O)c2c1C(=O)c1ccccc1C2=O.[Br-]. The Bertz CT molecular complexity index is 2010. The molecule has 57 heavy (non-hydrogen) atoms. The molecule has 4 N–H and O–H groups in total. The zero-order valence-corrected chi connectivity index (χ0v) is 36.9. The Labute approximate surface area is 355 Å². The number of fused-ring (bicyclic) bond motifs is 4. The number of rotatable bonds is 19. The minimum Gasteiger partial charge on any atom is -1.00 e. The van der Waals surface area contributed by atoms with Crippen molar-refractivity contribution in [3.05, 3.63) is 117 Å². The molecule has 0 aromatic heterocycles. The minimum atomic E-state index is -0.122. The number of carbonyl (C=O) groups excluding carboxylic acids is 4. The minimum absolute atomic E-state index is 0. The number of hydrogen-bond donors (Lipinski definition) is 4. The Morgan fingerprint density at radius 1 is 0.456 bits per heavy atom. The molecule has 13 heteroatoms. The second kappa shape index (κ2) is 19.1. The van der Waals surface area contributed by atoms with Crippen molar-refractivity contribution in [1.29, 1.82) is 0 Å². The van der Waals surface area contributed by atoms with E-state index in [1.54, 1.807) is 62.6 Å². The van der Waals surface area contributed by atoms with Crippen LogP contribution >= 0.6 is 21.6 Å². The number of ketones is 4. The molecule has 302 valence electrons. The molecule has 0 amide bonds. The second-order valence-corrected chi connectivity index (χ2v) is 18.4. The largest absolute Gasteiger partial charge is 1.00 e. The second-order valence-electron chi connectivity index (χ2n) is 15.7. The van der Waals surface area contributed by atoms with E-state index in [-0.39, 0.29) is 40.1 Å². The van der Waals surface area contributed by atoms with E-state index >= 15 is 0 Å². The van der Waals surface area contributed by atoms with Gasteiger partial charge in [0.05, 0.1) is 88.1 Å². The van der Waals surface area contributed by atoms with Gasteiger partial charge in [0.15, 0.2) is 23.1 Å². The molecule has 0 bridgehead atoms. The topological polar surface area (TPSA) is 116 Å². The van der Waals surface area contributed by atoms with Crippen molar-refractivity contribution in [2.45, 2.75) is 12.8 Å². The van der Waals surface area contributed by atoms with E-state index in [9.17, 15) is 19.2 Å². The lowest BCUT2D eigenvalue weighted by atomic mass is 9.82. The number of carbonyl (C=O) groups is 4. The Hall–Kier alpha value is -4.14. The maximum absolute atomic E-state index is 13.5. The zero-order valence-electron chi connectivity index (χ0n) is 33.7. The van der Waals surface area contributed by atoms with Gasteiger partial charge in [0, 0.05) is 85.0 Å². The molecule has 0 saturated carbocycles. The van der Waals surface area contributed by atoms with Gasteiger partial charge >= 0.3 is 0 Å². The third-order valence-corrected chi connectivity index (χ3v) is 13.2. The summed E-state index contributed by atoms with van der Waals surface area (Å²) in [5.41, 5.74) is 6.39. The first-order valence-corrected chi connectivity index (χ1v) is 21.8. The molecule has 4 aromatic carbocycles. The van der Waals surface area contributed by atoms with Crippen LogP contribution in [-0.4, -0.2) is 125 Å². The van der Waals surface area contributed by atoms with Gasteiger partial charge in [-0.3, -0.25) is 19.2 Å². The Kier molecular flexibility index (Phi) is 14.7. The van der Waals surface area contributed by atoms with Gasteiger partial charge in [-0.15, -0.1) is 0 Å². The summed E-state index contributed by atoms with van der Waals surface area (Å²) < 4.78 is 1.80. The van der Waals surface area contributed by atoms with Crippen molar-refractivity contribution in [2.75, 3.05) is 114 Å². The standard InChI is InChI=1S/C44H52N6O4S2.BrH/c1-45-33-17-19-35(39-37(33)41(51)29-13-7-9-15-31(29)43(39)53)47-21-11-23-49(3,4)25-27-55-56-28-26-50(5,6)24-12-22-48-36-20-18-34(46-2)38-40(36)44(54)32-16-10-8-14-30(32)42(38)52;/h7-10,13-20H,11-12,21-28H2,1-6H3,(H2-2,45,46,47,48,51,52,53,54);1H/p+1. The summed E-state index contributed by atoms with van der Waals surface area (Å²) in [6.07, 6.45) is 1.86. The lowest BCUT2D eigenvalue weighted by molar-refractivity contribution is -0.887. The average molecular weight is 875 g/mol. The van der Waals surface area contributed by atoms with E-state index < -0.39 is 0 Å². The number of anilines is 4. The van der Waals surface area contributed by atoms with E-state index in [2.05, 4.69) is 49.5 Å². The van der Waals surface area contributed by atoms with Crippen molar-refractivity contribution in [3.8, 4) is 0 Å². The molecule has 0 fully saturated rings. The molecule has 0 unspecified atom stereocenters. The van der Waals surface area contributed by atoms with Crippen LogP contribution in [0.15, 0.2) is 72.8 Å². The molecule has 0 radical (unpaired) electrons. The zero-order chi connectivity index (χ0) is 40.0. The van der Waals surface area contributed by atoms with Crippen LogP contribution in [0.4, 0.5) is 22.7 Å². The summed E-state index contributed by atoms with van der Waals surface area (Å²) in [5, 5.41) is 13.1. The molecule has 2 aliphatic carbocycles. The van der Waals surface area contributed by atoms with Gasteiger partial charge < -0.3 is 47.2 Å². The highest BCUT2D eigenvalue weighted by atomic mass is 79.9. The lowest BCUT2D eigenvalue weighted by Gasteiger charge is -2.31. The monoisotopic (exact) mass is 873 g/mol. The third kappa shape index (κ3) is 9.77. The summed E-state index contributed by atoms with van der Waals surface area (Å²) in [6.45, 7) is 5.49. The van der Waals surface area contributed by atoms with Crippen LogP contribution in [0.2, 0.25) is 0 Å². The summed E-state index contributed by atoms with van der Waals surface area (Å²) in [5.74, 6) is 1.64. The van der Waals surface area contributed by atoms with Gasteiger partial charge in [0.1, 0.15) is 0 Å². The van der Waals surface area contributed by atoms with Crippen LogP contribution in [0.1, 0.15) is 76.5 Å². The number of hydrogen-bond acceptors (Lipinski definition) is 10. The van der Waals surface area contributed by atoms with Crippen LogP contribution in [0.3, 0.4) is 0 Å². The number of benzene rings is 4.